The lowest BCUT2D eigenvalue weighted by Gasteiger charge is -1.99. The van der Waals surface area contributed by atoms with E-state index in [9.17, 15) is 0 Å². The van der Waals surface area contributed by atoms with Gasteiger partial charge in [-0.1, -0.05) is 6.92 Å². The molecule has 6 heteroatoms. The first-order valence-corrected chi connectivity index (χ1v) is 6.06. The van der Waals surface area contributed by atoms with Gasteiger partial charge >= 0.3 is 0 Å². The van der Waals surface area contributed by atoms with Gasteiger partial charge in [-0.2, -0.15) is 14.9 Å². The Morgan fingerprint density at radius 1 is 1.50 bits per heavy atom. The fraction of sp³-hybridized carbons (Fsp3) is 0.300. The van der Waals surface area contributed by atoms with E-state index in [1.807, 2.05) is 18.2 Å². The number of nitrogens with two attached hydrogens (primary N) is 1. The van der Waals surface area contributed by atoms with Crippen LogP contribution in [0.3, 0.4) is 0 Å². The molecule has 0 saturated carbocycles. The molecule has 0 fully saturated rings. The van der Waals surface area contributed by atoms with E-state index < -0.39 is 0 Å². The smallest absolute Gasteiger partial charge is 0.178 e. The molecule has 0 unspecified atom stereocenters. The summed E-state index contributed by atoms with van der Waals surface area (Å²) in [5.74, 6) is 2.26. The van der Waals surface area contributed by atoms with Crippen LogP contribution in [0.1, 0.15) is 13.3 Å². The molecule has 0 bridgehead atoms. The number of rotatable bonds is 4. The van der Waals surface area contributed by atoms with Crippen LogP contribution in [0.2, 0.25) is 0 Å². The molecule has 0 saturated heterocycles. The third kappa shape index (κ3) is 2.33. The molecular weight excluding hydrogens is 222 g/mol. The van der Waals surface area contributed by atoms with E-state index in [2.05, 4.69) is 22.2 Å². The van der Waals surface area contributed by atoms with Crippen LogP contribution in [0.25, 0.3) is 5.82 Å². The van der Waals surface area contributed by atoms with Gasteiger partial charge in [0.2, 0.25) is 0 Å². The Labute approximate surface area is 98.1 Å². The molecule has 0 aliphatic carbocycles. The van der Waals surface area contributed by atoms with Crippen LogP contribution in [0.4, 0.5) is 5.82 Å². The lowest BCUT2D eigenvalue weighted by atomic mass is 10.5. The minimum Gasteiger partial charge on any atom is -0.383 e. The molecule has 5 nitrogen and oxygen atoms in total. The first kappa shape index (κ1) is 10.9. The van der Waals surface area contributed by atoms with E-state index in [4.69, 9.17) is 5.73 Å². The zero-order chi connectivity index (χ0) is 11.4. The number of hydrogen-bond donors (Lipinski definition) is 1. The van der Waals surface area contributed by atoms with E-state index in [0.29, 0.717) is 11.6 Å². The highest BCUT2D eigenvalue weighted by Gasteiger charge is 2.07. The highest BCUT2D eigenvalue weighted by atomic mass is 32.2. The second-order valence-corrected chi connectivity index (χ2v) is 4.36. The van der Waals surface area contributed by atoms with Gasteiger partial charge in [0.1, 0.15) is 10.8 Å². The molecular formula is C10H13N5S. The Morgan fingerprint density at radius 3 is 3.06 bits per heavy atom. The SMILES string of the molecule is CCCSc1cc(N)n(-c2cccnn2)n1. The quantitative estimate of drug-likeness (QED) is 0.817. The standard InChI is InChI=1S/C10H13N5S/c1-2-6-16-10-7-8(11)15(14-10)9-4-3-5-12-13-9/h3-5,7H,2,6,11H2,1H3. The van der Waals surface area contributed by atoms with Gasteiger partial charge in [-0.3, -0.25) is 0 Å². The van der Waals surface area contributed by atoms with Crippen LogP contribution < -0.4 is 5.73 Å². The predicted molar refractivity (Wildman–Crippen MR) is 64.6 cm³/mol. The van der Waals surface area contributed by atoms with Gasteiger partial charge in [-0.15, -0.1) is 16.9 Å². The summed E-state index contributed by atoms with van der Waals surface area (Å²) in [6.07, 6.45) is 2.73. The topological polar surface area (TPSA) is 69.6 Å². The van der Waals surface area contributed by atoms with Crippen molar-refractivity contribution in [3.8, 4) is 5.82 Å². The van der Waals surface area contributed by atoms with Crippen molar-refractivity contribution in [2.45, 2.75) is 18.4 Å². The third-order valence-electron chi connectivity index (χ3n) is 1.94. The number of thioether (sulfide) groups is 1. The Bertz CT molecular complexity index is 453. The summed E-state index contributed by atoms with van der Waals surface area (Å²) in [6.45, 7) is 2.13. The molecule has 0 spiro atoms. The van der Waals surface area contributed by atoms with E-state index in [-0.39, 0.29) is 0 Å². The van der Waals surface area contributed by atoms with E-state index in [1.54, 1.807) is 22.6 Å². The van der Waals surface area contributed by atoms with E-state index in [1.165, 1.54) is 0 Å². The number of anilines is 1. The molecule has 16 heavy (non-hydrogen) atoms. The highest BCUT2D eigenvalue weighted by Crippen LogP contribution is 2.21. The van der Waals surface area contributed by atoms with Crippen LogP contribution in [-0.4, -0.2) is 25.7 Å². The van der Waals surface area contributed by atoms with Gasteiger partial charge in [0, 0.05) is 12.3 Å². The van der Waals surface area contributed by atoms with Gasteiger partial charge < -0.3 is 5.73 Å². The summed E-state index contributed by atoms with van der Waals surface area (Å²) >= 11 is 1.69. The van der Waals surface area contributed by atoms with Gasteiger partial charge in [0.15, 0.2) is 5.82 Å². The first-order chi connectivity index (χ1) is 7.81. The number of hydrogen-bond acceptors (Lipinski definition) is 5. The Balaban J connectivity index is 2.25. The monoisotopic (exact) mass is 235 g/mol. The van der Waals surface area contributed by atoms with Crippen molar-refractivity contribution in [1.29, 1.82) is 0 Å². The van der Waals surface area contributed by atoms with Gasteiger partial charge in [0.05, 0.1) is 0 Å². The Hall–Kier alpha value is -1.56. The zero-order valence-corrected chi connectivity index (χ0v) is 9.81. The second kappa shape index (κ2) is 4.98. The zero-order valence-electron chi connectivity index (χ0n) is 9.00. The lowest BCUT2D eigenvalue weighted by Crippen LogP contribution is -2.04. The average molecular weight is 235 g/mol. The maximum absolute atomic E-state index is 5.86. The highest BCUT2D eigenvalue weighted by molar-refractivity contribution is 7.99. The maximum atomic E-state index is 5.86. The Morgan fingerprint density at radius 2 is 2.38 bits per heavy atom. The summed E-state index contributed by atoms with van der Waals surface area (Å²) in [7, 11) is 0. The fourth-order valence-corrected chi connectivity index (χ4v) is 2.00. The van der Waals surface area contributed by atoms with Crippen LogP contribution >= 0.6 is 11.8 Å². The molecule has 84 valence electrons. The number of nitrogen functional groups attached to an aromatic ring is 1. The predicted octanol–water partition coefficient (Wildman–Crippen LogP) is 1.75. The van der Waals surface area contributed by atoms with E-state index in [0.717, 1.165) is 17.2 Å². The third-order valence-corrected chi connectivity index (χ3v) is 3.05. The summed E-state index contributed by atoms with van der Waals surface area (Å²) in [6, 6.07) is 5.49. The molecule has 0 aliphatic heterocycles. The summed E-state index contributed by atoms with van der Waals surface area (Å²) < 4.78 is 1.60. The van der Waals surface area contributed by atoms with Crippen LogP contribution in [-0.2, 0) is 0 Å². The normalized spacial score (nSPS) is 10.6. The maximum Gasteiger partial charge on any atom is 0.178 e. The first-order valence-electron chi connectivity index (χ1n) is 5.07. The molecule has 2 aromatic rings. The van der Waals surface area contributed by atoms with Crippen LogP contribution in [0, 0.1) is 0 Å². The van der Waals surface area contributed by atoms with Crippen LogP contribution in [0.5, 0.6) is 0 Å². The second-order valence-electron chi connectivity index (χ2n) is 3.25. The van der Waals surface area contributed by atoms with Crippen LogP contribution in [0.15, 0.2) is 29.4 Å². The van der Waals surface area contributed by atoms with Gasteiger partial charge in [-0.05, 0) is 24.3 Å². The molecule has 2 rings (SSSR count). The summed E-state index contributed by atoms with van der Waals surface area (Å²) in [5.41, 5.74) is 5.86. The lowest BCUT2D eigenvalue weighted by molar-refractivity contribution is 0.793. The van der Waals surface area contributed by atoms with Gasteiger partial charge in [0.25, 0.3) is 0 Å². The molecule has 0 amide bonds. The average Bonchev–Trinajstić information content (AvgIpc) is 2.69. The minimum atomic E-state index is 0.583. The molecule has 2 N–H and O–H groups in total. The van der Waals surface area contributed by atoms with E-state index >= 15 is 0 Å². The summed E-state index contributed by atoms with van der Waals surface area (Å²) in [4.78, 5) is 0. The molecule has 2 heterocycles. The summed E-state index contributed by atoms with van der Waals surface area (Å²) in [5, 5.41) is 13.1. The van der Waals surface area contributed by atoms with Crippen molar-refractivity contribution in [2.75, 3.05) is 11.5 Å². The largest absolute Gasteiger partial charge is 0.383 e. The van der Waals surface area contributed by atoms with Crippen molar-refractivity contribution in [3.05, 3.63) is 24.4 Å². The fourth-order valence-electron chi connectivity index (χ4n) is 1.24. The molecule has 0 aromatic carbocycles. The molecule has 2 aromatic heterocycles. The molecule has 0 aliphatic rings. The van der Waals surface area contributed by atoms with Crippen molar-refractivity contribution in [2.24, 2.45) is 0 Å². The van der Waals surface area contributed by atoms with Crippen molar-refractivity contribution in [1.82, 2.24) is 20.0 Å². The Kier molecular flexibility index (Phi) is 3.40. The van der Waals surface area contributed by atoms with Crippen molar-refractivity contribution < 1.29 is 0 Å². The minimum absolute atomic E-state index is 0.583. The number of nitrogens with zero attached hydrogens (tertiary/aromatic N) is 4. The van der Waals surface area contributed by atoms with Crippen molar-refractivity contribution in [3.63, 3.8) is 0 Å². The molecule has 0 atom stereocenters. The van der Waals surface area contributed by atoms with Crippen molar-refractivity contribution >= 4 is 17.6 Å². The number of aromatic nitrogens is 4. The molecule has 0 radical (unpaired) electrons. The van der Waals surface area contributed by atoms with Gasteiger partial charge in [-0.25, -0.2) is 0 Å².